The van der Waals surface area contributed by atoms with Crippen LogP contribution in [0.15, 0.2) is 0 Å². The van der Waals surface area contributed by atoms with Crippen LogP contribution in [0.5, 0.6) is 0 Å². The van der Waals surface area contributed by atoms with Crippen molar-refractivity contribution in [3.63, 3.8) is 0 Å². The maximum absolute atomic E-state index is 5.41. The van der Waals surface area contributed by atoms with Crippen molar-refractivity contribution in [3.05, 3.63) is 0 Å². The van der Waals surface area contributed by atoms with Gasteiger partial charge >= 0.3 is 0 Å². The molecule has 0 fully saturated rings. The zero-order valence-corrected chi connectivity index (χ0v) is 9.84. The molecule has 0 aliphatic heterocycles. The third kappa shape index (κ3) is 9.96. The molecule has 1 N–H and O–H groups in total. The fourth-order valence-electron chi connectivity index (χ4n) is 1.04. The molecule has 3 nitrogen and oxygen atoms in total. The normalized spacial score (nSPS) is 13.1. The molecule has 0 aliphatic carbocycles. The molecule has 0 aliphatic rings. The number of hydrogen-bond acceptors (Lipinski definition) is 3. The Morgan fingerprint density at radius 1 is 1.21 bits per heavy atom. The van der Waals surface area contributed by atoms with Crippen molar-refractivity contribution in [1.29, 1.82) is 0 Å². The highest BCUT2D eigenvalue weighted by Crippen LogP contribution is 1.96. The molecule has 0 saturated heterocycles. The quantitative estimate of drug-likeness (QED) is 0.548. The van der Waals surface area contributed by atoms with Crippen LogP contribution >= 0.6 is 0 Å². The van der Waals surface area contributed by atoms with E-state index in [1.807, 2.05) is 0 Å². The van der Waals surface area contributed by atoms with Gasteiger partial charge < -0.3 is 14.8 Å². The third-order valence-electron chi connectivity index (χ3n) is 2.25. The topological polar surface area (TPSA) is 30.5 Å². The van der Waals surface area contributed by atoms with Crippen molar-refractivity contribution in [3.8, 4) is 0 Å². The van der Waals surface area contributed by atoms with Crippen LogP contribution in [0.1, 0.15) is 26.7 Å². The molecule has 0 saturated carbocycles. The summed E-state index contributed by atoms with van der Waals surface area (Å²) in [6, 6.07) is 0. The number of rotatable bonds is 10. The fourth-order valence-corrected chi connectivity index (χ4v) is 1.04. The second-order valence-electron chi connectivity index (χ2n) is 3.68. The first kappa shape index (κ1) is 13.9. The summed E-state index contributed by atoms with van der Waals surface area (Å²) in [4.78, 5) is 0. The van der Waals surface area contributed by atoms with Gasteiger partial charge in [-0.15, -0.1) is 0 Å². The fraction of sp³-hybridized carbons (Fsp3) is 1.00. The third-order valence-corrected chi connectivity index (χ3v) is 2.25. The lowest BCUT2D eigenvalue weighted by Gasteiger charge is -2.10. The van der Waals surface area contributed by atoms with E-state index in [4.69, 9.17) is 9.47 Å². The molecular formula is C11H25NO2. The highest BCUT2D eigenvalue weighted by molar-refractivity contribution is 4.53. The molecule has 0 bridgehead atoms. The Bertz CT molecular complexity index is 109. The van der Waals surface area contributed by atoms with Gasteiger partial charge in [-0.1, -0.05) is 20.3 Å². The van der Waals surface area contributed by atoms with E-state index in [-0.39, 0.29) is 0 Å². The van der Waals surface area contributed by atoms with Gasteiger partial charge in [-0.2, -0.15) is 0 Å². The van der Waals surface area contributed by atoms with E-state index in [1.54, 1.807) is 7.11 Å². The lowest BCUT2D eigenvalue weighted by Crippen LogP contribution is -2.25. The van der Waals surface area contributed by atoms with Crippen LogP contribution in [0, 0.1) is 5.92 Å². The average molecular weight is 203 g/mol. The monoisotopic (exact) mass is 203 g/mol. The highest BCUT2D eigenvalue weighted by Gasteiger charge is 1.96. The van der Waals surface area contributed by atoms with E-state index in [9.17, 15) is 0 Å². The van der Waals surface area contributed by atoms with Crippen LogP contribution in [0.3, 0.4) is 0 Å². The molecule has 0 amide bonds. The Hall–Kier alpha value is -0.120. The molecule has 0 heterocycles. The predicted molar refractivity (Wildman–Crippen MR) is 59.6 cm³/mol. The summed E-state index contributed by atoms with van der Waals surface area (Å²) in [6.07, 6.45) is 2.23. The molecule has 1 unspecified atom stereocenters. The largest absolute Gasteiger partial charge is 0.385 e. The smallest absolute Gasteiger partial charge is 0.0590 e. The Balaban J connectivity index is 2.92. The molecule has 86 valence electrons. The molecule has 0 spiro atoms. The zero-order chi connectivity index (χ0) is 10.6. The molecule has 1 atom stereocenters. The van der Waals surface area contributed by atoms with Crippen molar-refractivity contribution >= 4 is 0 Å². The number of hydrogen-bond donors (Lipinski definition) is 1. The van der Waals surface area contributed by atoms with Gasteiger partial charge in [0, 0.05) is 26.9 Å². The Morgan fingerprint density at radius 2 is 2.00 bits per heavy atom. The SMILES string of the molecule is CCC(C)CNCCOCCCOC. The van der Waals surface area contributed by atoms with Crippen LogP contribution in [0.2, 0.25) is 0 Å². The molecular weight excluding hydrogens is 178 g/mol. The van der Waals surface area contributed by atoms with Crippen LogP contribution in [0.25, 0.3) is 0 Å². The van der Waals surface area contributed by atoms with Gasteiger partial charge in [0.15, 0.2) is 0 Å². The first-order valence-corrected chi connectivity index (χ1v) is 5.58. The van der Waals surface area contributed by atoms with E-state index in [0.717, 1.165) is 45.2 Å². The molecule has 0 aromatic rings. The van der Waals surface area contributed by atoms with Gasteiger partial charge in [-0.3, -0.25) is 0 Å². The molecule has 0 aromatic heterocycles. The molecule has 0 aromatic carbocycles. The van der Waals surface area contributed by atoms with E-state index in [2.05, 4.69) is 19.2 Å². The zero-order valence-electron chi connectivity index (χ0n) is 9.84. The summed E-state index contributed by atoms with van der Waals surface area (Å²) in [5.41, 5.74) is 0. The van der Waals surface area contributed by atoms with Gasteiger partial charge in [-0.05, 0) is 18.9 Å². The van der Waals surface area contributed by atoms with Crippen LogP contribution in [-0.2, 0) is 9.47 Å². The van der Waals surface area contributed by atoms with Crippen molar-refractivity contribution < 1.29 is 9.47 Å². The Labute approximate surface area is 88.2 Å². The van der Waals surface area contributed by atoms with Gasteiger partial charge in [0.05, 0.1) is 6.61 Å². The first-order chi connectivity index (χ1) is 6.81. The Morgan fingerprint density at radius 3 is 2.64 bits per heavy atom. The second kappa shape index (κ2) is 11.0. The summed E-state index contributed by atoms with van der Waals surface area (Å²) in [5.74, 6) is 0.767. The highest BCUT2D eigenvalue weighted by atomic mass is 16.5. The minimum Gasteiger partial charge on any atom is -0.385 e. The van der Waals surface area contributed by atoms with E-state index < -0.39 is 0 Å². The predicted octanol–water partition coefficient (Wildman–Crippen LogP) is 1.68. The lowest BCUT2D eigenvalue weighted by atomic mass is 10.1. The van der Waals surface area contributed by atoms with Crippen molar-refractivity contribution in [2.75, 3.05) is 40.0 Å². The van der Waals surface area contributed by atoms with Crippen molar-refractivity contribution in [1.82, 2.24) is 5.32 Å². The van der Waals surface area contributed by atoms with Gasteiger partial charge in [0.2, 0.25) is 0 Å². The summed E-state index contributed by atoms with van der Waals surface area (Å²) in [5, 5.41) is 3.37. The molecule has 3 heteroatoms. The summed E-state index contributed by atoms with van der Waals surface area (Å²) >= 11 is 0. The van der Waals surface area contributed by atoms with Crippen LogP contribution in [0.4, 0.5) is 0 Å². The van der Waals surface area contributed by atoms with E-state index in [0.29, 0.717) is 0 Å². The van der Waals surface area contributed by atoms with Gasteiger partial charge in [-0.25, -0.2) is 0 Å². The molecule has 0 rings (SSSR count). The van der Waals surface area contributed by atoms with Crippen LogP contribution in [-0.4, -0.2) is 40.0 Å². The van der Waals surface area contributed by atoms with Crippen molar-refractivity contribution in [2.24, 2.45) is 5.92 Å². The number of nitrogens with one attached hydrogen (secondary N) is 1. The maximum atomic E-state index is 5.41. The first-order valence-electron chi connectivity index (χ1n) is 5.58. The number of methoxy groups -OCH3 is 1. The molecule has 0 radical (unpaired) electrons. The summed E-state index contributed by atoms with van der Waals surface area (Å²) in [7, 11) is 1.72. The lowest BCUT2D eigenvalue weighted by molar-refractivity contribution is 0.104. The van der Waals surface area contributed by atoms with Gasteiger partial charge in [0.25, 0.3) is 0 Å². The van der Waals surface area contributed by atoms with Crippen molar-refractivity contribution in [2.45, 2.75) is 26.7 Å². The second-order valence-corrected chi connectivity index (χ2v) is 3.68. The average Bonchev–Trinajstić information content (AvgIpc) is 2.21. The minimum absolute atomic E-state index is 0.767. The number of ether oxygens (including phenoxy) is 2. The summed E-state index contributed by atoms with van der Waals surface area (Å²) in [6.45, 7) is 8.93. The van der Waals surface area contributed by atoms with Gasteiger partial charge in [0.1, 0.15) is 0 Å². The van der Waals surface area contributed by atoms with E-state index >= 15 is 0 Å². The standard InChI is InChI=1S/C11H25NO2/c1-4-11(2)10-12-6-9-14-8-5-7-13-3/h11-12H,4-10H2,1-3H3. The molecule has 14 heavy (non-hydrogen) atoms. The van der Waals surface area contributed by atoms with Crippen LogP contribution < -0.4 is 5.32 Å². The maximum Gasteiger partial charge on any atom is 0.0590 e. The summed E-state index contributed by atoms with van der Waals surface area (Å²) < 4.78 is 10.3. The Kier molecular flexibility index (Phi) is 10.9. The minimum atomic E-state index is 0.767. The van der Waals surface area contributed by atoms with E-state index in [1.165, 1.54) is 6.42 Å².